The maximum absolute atomic E-state index is 13.9. The van der Waals surface area contributed by atoms with Crippen molar-refractivity contribution in [1.29, 1.82) is 0 Å². The molecule has 0 aromatic heterocycles. The molecule has 1 rings (SSSR count). The average molecular weight is 225 g/mol. The molecular formula is C13H20FNO. The number of benzene rings is 1. The van der Waals surface area contributed by atoms with Gasteiger partial charge in [0.15, 0.2) is 0 Å². The topological polar surface area (TPSA) is 35.2 Å². The summed E-state index contributed by atoms with van der Waals surface area (Å²) in [7, 11) is 1.57. The van der Waals surface area contributed by atoms with E-state index in [0.29, 0.717) is 36.6 Å². The van der Waals surface area contributed by atoms with Gasteiger partial charge < -0.3 is 10.5 Å². The molecule has 1 aromatic rings. The van der Waals surface area contributed by atoms with Crippen LogP contribution < -0.4 is 10.5 Å². The summed E-state index contributed by atoms with van der Waals surface area (Å²) < 4.78 is 19.1. The molecule has 0 radical (unpaired) electrons. The van der Waals surface area contributed by atoms with Crippen molar-refractivity contribution in [2.75, 3.05) is 13.7 Å². The van der Waals surface area contributed by atoms with Crippen molar-refractivity contribution >= 4 is 0 Å². The van der Waals surface area contributed by atoms with E-state index in [1.54, 1.807) is 13.2 Å². The van der Waals surface area contributed by atoms with Gasteiger partial charge in [0, 0.05) is 5.56 Å². The Morgan fingerprint density at radius 2 is 2.06 bits per heavy atom. The fraction of sp³-hybridized carbons (Fsp3) is 0.538. The van der Waals surface area contributed by atoms with Crippen LogP contribution >= 0.6 is 0 Å². The maximum atomic E-state index is 13.9. The number of hydrogen-bond acceptors (Lipinski definition) is 2. The lowest BCUT2D eigenvalue weighted by molar-refractivity contribution is 0.400. The monoisotopic (exact) mass is 225 g/mol. The fourth-order valence-corrected chi connectivity index (χ4v) is 1.76. The van der Waals surface area contributed by atoms with E-state index in [0.717, 1.165) is 5.56 Å². The molecule has 0 aliphatic heterocycles. The molecule has 0 unspecified atom stereocenters. The van der Waals surface area contributed by atoms with Gasteiger partial charge in [0.1, 0.15) is 11.6 Å². The smallest absolute Gasteiger partial charge is 0.130 e. The second-order valence-corrected chi connectivity index (χ2v) is 4.40. The van der Waals surface area contributed by atoms with Crippen LogP contribution in [0.5, 0.6) is 5.75 Å². The summed E-state index contributed by atoms with van der Waals surface area (Å²) in [5.74, 6) is 0.859. The minimum atomic E-state index is -0.184. The maximum Gasteiger partial charge on any atom is 0.130 e. The first-order valence-corrected chi connectivity index (χ1v) is 5.63. The molecule has 90 valence electrons. The number of ether oxygens (including phenoxy) is 1. The molecule has 16 heavy (non-hydrogen) atoms. The predicted octanol–water partition coefficient (Wildman–Crippen LogP) is 2.53. The highest BCUT2D eigenvalue weighted by molar-refractivity contribution is 5.39. The lowest BCUT2D eigenvalue weighted by atomic mass is 9.99. The predicted molar refractivity (Wildman–Crippen MR) is 64.3 cm³/mol. The molecule has 0 bridgehead atoms. The van der Waals surface area contributed by atoms with Crippen LogP contribution in [-0.4, -0.2) is 13.7 Å². The van der Waals surface area contributed by atoms with Crippen molar-refractivity contribution in [2.45, 2.75) is 26.7 Å². The third kappa shape index (κ3) is 3.20. The number of hydrogen-bond donors (Lipinski definition) is 1. The van der Waals surface area contributed by atoms with Crippen LogP contribution in [0.25, 0.3) is 0 Å². The highest BCUT2D eigenvalue weighted by atomic mass is 19.1. The van der Waals surface area contributed by atoms with Gasteiger partial charge in [0.2, 0.25) is 0 Å². The van der Waals surface area contributed by atoms with Crippen LogP contribution in [0.15, 0.2) is 12.1 Å². The van der Waals surface area contributed by atoms with E-state index >= 15 is 0 Å². The highest BCUT2D eigenvalue weighted by Crippen LogP contribution is 2.26. The van der Waals surface area contributed by atoms with Crippen molar-refractivity contribution in [1.82, 2.24) is 0 Å². The largest absolute Gasteiger partial charge is 0.496 e. The molecule has 0 atom stereocenters. The van der Waals surface area contributed by atoms with Gasteiger partial charge in [-0.3, -0.25) is 0 Å². The van der Waals surface area contributed by atoms with Crippen molar-refractivity contribution in [3.05, 3.63) is 29.1 Å². The number of rotatable bonds is 5. The molecule has 0 aliphatic rings. The van der Waals surface area contributed by atoms with Crippen molar-refractivity contribution in [3.8, 4) is 5.75 Å². The van der Waals surface area contributed by atoms with Crippen LogP contribution in [0.4, 0.5) is 4.39 Å². The van der Waals surface area contributed by atoms with Gasteiger partial charge in [-0.1, -0.05) is 13.8 Å². The Bertz CT molecular complexity index is 350. The molecule has 0 fully saturated rings. The number of methoxy groups -OCH3 is 1. The SMILES string of the molecule is COc1cc(CCN)cc(F)c1CC(C)C. The van der Waals surface area contributed by atoms with Crippen LogP contribution in [0, 0.1) is 11.7 Å². The van der Waals surface area contributed by atoms with Crippen molar-refractivity contribution in [3.63, 3.8) is 0 Å². The van der Waals surface area contributed by atoms with Gasteiger partial charge in [0.25, 0.3) is 0 Å². The minimum Gasteiger partial charge on any atom is -0.496 e. The summed E-state index contributed by atoms with van der Waals surface area (Å²) >= 11 is 0. The lowest BCUT2D eigenvalue weighted by Crippen LogP contribution is -2.06. The van der Waals surface area contributed by atoms with E-state index in [4.69, 9.17) is 10.5 Å². The van der Waals surface area contributed by atoms with Gasteiger partial charge in [-0.25, -0.2) is 4.39 Å². The molecule has 0 spiro atoms. The molecular weight excluding hydrogens is 205 g/mol. The summed E-state index contributed by atoms with van der Waals surface area (Å²) in [5.41, 5.74) is 7.02. The Morgan fingerprint density at radius 3 is 2.56 bits per heavy atom. The normalized spacial score (nSPS) is 10.9. The molecule has 3 heteroatoms. The average Bonchev–Trinajstić information content (AvgIpc) is 2.21. The summed E-state index contributed by atoms with van der Waals surface area (Å²) in [4.78, 5) is 0. The van der Waals surface area contributed by atoms with Crippen LogP contribution in [0.2, 0.25) is 0 Å². The molecule has 0 saturated heterocycles. The van der Waals surface area contributed by atoms with Gasteiger partial charge in [0.05, 0.1) is 7.11 Å². The van der Waals surface area contributed by atoms with Crippen molar-refractivity contribution in [2.24, 2.45) is 11.7 Å². The zero-order chi connectivity index (χ0) is 12.1. The summed E-state index contributed by atoms with van der Waals surface area (Å²) in [5, 5.41) is 0. The van der Waals surface area contributed by atoms with E-state index in [2.05, 4.69) is 13.8 Å². The zero-order valence-corrected chi connectivity index (χ0v) is 10.2. The lowest BCUT2D eigenvalue weighted by Gasteiger charge is -2.13. The Balaban J connectivity index is 3.07. The first-order valence-electron chi connectivity index (χ1n) is 5.63. The minimum absolute atomic E-state index is 0.184. The highest BCUT2D eigenvalue weighted by Gasteiger charge is 2.12. The van der Waals surface area contributed by atoms with Crippen LogP contribution in [0.3, 0.4) is 0 Å². The van der Waals surface area contributed by atoms with Gasteiger partial charge in [-0.15, -0.1) is 0 Å². The van der Waals surface area contributed by atoms with Gasteiger partial charge in [-0.05, 0) is 43.0 Å². The van der Waals surface area contributed by atoms with Gasteiger partial charge in [-0.2, -0.15) is 0 Å². The van der Waals surface area contributed by atoms with Gasteiger partial charge >= 0.3 is 0 Å². The quantitative estimate of drug-likeness (QED) is 0.835. The Morgan fingerprint density at radius 1 is 1.38 bits per heavy atom. The Hall–Kier alpha value is -1.09. The van der Waals surface area contributed by atoms with Crippen LogP contribution in [0.1, 0.15) is 25.0 Å². The van der Waals surface area contributed by atoms with Crippen molar-refractivity contribution < 1.29 is 9.13 Å². The zero-order valence-electron chi connectivity index (χ0n) is 10.2. The molecule has 0 heterocycles. The number of nitrogens with two attached hydrogens (primary N) is 1. The van der Waals surface area contributed by atoms with Crippen LogP contribution in [-0.2, 0) is 12.8 Å². The Labute approximate surface area is 96.6 Å². The molecule has 2 N–H and O–H groups in total. The summed E-state index contributed by atoms with van der Waals surface area (Å²) in [6.07, 6.45) is 1.37. The second-order valence-electron chi connectivity index (χ2n) is 4.40. The van der Waals surface area contributed by atoms with E-state index in [1.807, 2.05) is 6.07 Å². The first-order chi connectivity index (χ1) is 7.58. The van der Waals surface area contributed by atoms with E-state index in [9.17, 15) is 4.39 Å². The molecule has 0 amide bonds. The molecule has 0 aliphatic carbocycles. The summed E-state index contributed by atoms with van der Waals surface area (Å²) in [6.45, 7) is 4.64. The second kappa shape index (κ2) is 5.85. The molecule has 0 saturated carbocycles. The fourth-order valence-electron chi connectivity index (χ4n) is 1.76. The standard InChI is InChI=1S/C13H20FNO/c1-9(2)6-11-12(14)7-10(4-5-15)8-13(11)16-3/h7-9H,4-6,15H2,1-3H3. The van der Waals surface area contributed by atoms with E-state index in [1.165, 1.54) is 0 Å². The third-order valence-electron chi connectivity index (χ3n) is 2.48. The first kappa shape index (κ1) is 13.0. The molecule has 2 nitrogen and oxygen atoms in total. The number of halogens is 1. The summed E-state index contributed by atoms with van der Waals surface area (Å²) in [6, 6.07) is 3.45. The van der Waals surface area contributed by atoms with E-state index < -0.39 is 0 Å². The third-order valence-corrected chi connectivity index (χ3v) is 2.48. The van der Waals surface area contributed by atoms with E-state index in [-0.39, 0.29) is 5.82 Å². The Kier molecular flexibility index (Phi) is 4.74. The molecule has 1 aromatic carbocycles.